The maximum atomic E-state index is 11.6. The van der Waals surface area contributed by atoms with Crippen molar-refractivity contribution in [2.45, 2.75) is 31.6 Å². The topological polar surface area (TPSA) is 78.4 Å². The van der Waals surface area contributed by atoms with Gasteiger partial charge in [-0.3, -0.25) is 4.79 Å². The van der Waals surface area contributed by atoms with Gasteiger partial charge in [-0.2, -0.15) is 0 Å². The summed E-state index contributed by atoms with van der Waals surface area (Å²) in [7, 11) is 1.43. The van der Waals surface area contributed by atoms with Gasteiger partial charge in [-0.15, -0.1) is 10.2 Å². The zero-order chi connectivity index (χ0) is 17.4. The Labute approximate surface area is 149 Å². The van der Waals surface area contributed by atoms with Crippen molar-refractivity contribution in [2.24, 2.45) is 5.92 Å². The lowest BCUT2D eigenvalue weighted by Crippen LogP contribution is -2.22. The number of nitrogens with zero attached hydrogens (tertiary/aromatic N) is 2. The third-order valence-corrected chi connectivity index (χ3v) is 4.98. The number of fused-ring (bicyclic) bond motifs is 1. The summed E-state index contributed by atoms with van der Waals surface area (Å²) in [6.45, 7) is 0. The molecule has 1 aliphatic carbocycles. The van der Waals surface area contributed by atoms with E-state index in [1.165, 1.54) is 7.11 Å². The van der Waals surface area contributed by atoms with Crippen LogP contribution in [0.15, 0.2) is 33.1 Å². The minimum absolute atomic E-state index is 0.0243. The average Bonchev–Trinajstić information content (AvgIpc) is 3.27. The Kier molecular flexibility index (Phi) is 4.21. The van der Waals surface area contributed by atoms with Crippen LogP contribution in [-0.2, 0) is 9.53 Å². The van der Waals surface area contributed by atoms with E-state index in [9.17, 15) is 4.79 Å². The van der Waals surface area contributed by atoms with E-state index in [2.05, 4.69) is 10.2 Å². The van der Waals surface area contributed by atoms with Gasteiger partial charge in [0.25, 0.3) is 5.89 Å². The lowest BCUT2D eigenvalue weighted by atomic mass is 9.82. The highest BCUT2D eigenvalue weighted by Gasteiger charge is 2.30. The minimum Gasteiger partial charge on any atom is -0.469 e. The number of rotatable bonds is 3. The van der Waals surface area contributed by atoms with E-state index < -0.39 is 0 Å². The number of carbonyl (C=O) groups is 1. The standard InChI is InChI=1S/C18H17ClN2O4/c1-23-18(22)11-4-2-10(3-5-11)16-20-21-17(25-16)15-9-12-8-13(19)6-7-14(12)24-15/h6-11H,2-5H2,1H3/t10-,11-. The fraction of sp³-hybridized carbons (Fsp3) is 0.389. The largest absolute Gasteiger partial charge is 0.469 e. The Morgan fingerprint density at radius 2 is 1.96 bits per heavy atom. The number of hydrogen-bond donors (Lipinski definition) is 0. The van der Waals surface area contributed by atoms with Gasteiger partial charge in [0.1, 0.15) is 5.58 Å². The molecule has 0 atom stereocenters. The molecule has 4 rings (SSSR count). The molecule has 0 saturated heterocycles. The van der Waals surface area contributed by atoms with Crippen molar-refractivity contribution in [3.8, 4) is 11.7 Å². The van der Waals surface area contributed by atoms with E-state index in [0.717, 1.165) is 36.7 Å². The molecule has 0 spiro atoms. The van der Waals surface area contributed by atoms with E-state index in [-0.39, 0.29) is 17.8 Å². The van der Waals surface area contributed by atoms with Crippen LogP contribution in [0.2, 0.25) is 5.02 Å². The van der Waals surface area contributed by atoms with Gasteiger partial charge in [0.05, 0.1) is 13.0 Å². The third-order valence-electron chi connectivity index (χ3n) is 4.74. The molecular weight excluding hydrogens is 344 g/mol. The van der Waals surface area contributed by atoms with Crippen LogP contribution < -0.4 is 0 Å². The molecule has 1 fully saturated rings. The predicted molar refractivity (Wildman–Crippen MR) is 91.2 cm³/mol. The molecule has 1 saturated carbocycles. The van der Waals surface area contributed by atoms with Gasteiger partial charge in [0, 0.05) is 16.3 Å². The molecule has 130 valence electrons. The van der Waals surface area contributed by atoms with Crippen molar-refractivity contribution in [1.82, 2.24) is 10.2 Å². The first-order valence-electron chi connectivity index (χ1n) is 8.24. The summed E-state index contributed by atoms with van der Waals surface area (Å²) in [6, 6.07) is 7.25. The molecule has 0 bridgehead atoms. The molecule has 25 heavy (non-hydrogen) atoms. The smallest absolute Gasteiger partial charge is 0.308 e. The molecule has 0 aliphatic heterocycles. The second-order valence-electron chi connectivity index (χ2n) is 6.31. The summed E-state index contributed by atoms with van der Waals surface area (Å²) in [4.78, 5) is 11.6. The van der Waals surface area contributed by atoms with Gasteiger partial charge in [-0.25, -0.2) is 0 Å². The van der Waals surface area contributed by atoms with Crippen LogP contribution in [0.3, 0.4) is 0 Å². The van der Waals surface area contributed by atoms with Crippen molar-refractivity contribution >= 4 is 28.5 Å². The number of esters is 1. The predicted octanol–water partition coefficient (Wildman–Crippen LogP) is 4.58. The molecule has 0 unspecified atom stereocenters. The van der Waals surface area contributed by atoms with Crippen molar-refractivity contribution < 1.29 is 18.4 Å². The Bertz CT molecular complexity index is 909. The van der Waals surface area contributed by atoms with Crippen LogP contribution in [0.1, 0.15) is 37.5 Å². The van der Waals surface area contributed by atoms with Gasteiger partial charge in [0.15, 0.2) is 5.76 Å². The molecule has 0 radical (unpaired) electrons. The van der Waals surface area contributed by atoms with Gasteiger partial charge in [-0.1, -0.05) is 11.6 Å². The first kappa shape index (κ1) is 16.1. The summed E-state index contributed by atoms with van der Waals surface area (Å²) in [5, 5.41) is 9.83. The summed E-state index contributed by atoms with van der Waals surface area (Å²) >= 11 is 6.00. The van der Waals surface area contributed by atoms with Crippen LogP contribution in [-0.4, -0.2) is 23.3 Å². The van der Waals surface area contributed by atoms with Crippen molar-refractivity contribution in [3.63, 3.8) is 0 Å². The summed E-state index contributed by atoms with van der Waals surface area (Å²) in [5.74, 6) is 1.49. The lowest BCUT2D eigenvalue weighted by molar-refractivity contribution is -0.146. The van der Waals surface area contributed by atoms with Gasteiger partial charge in [0.2, 0.25) is 5.89 Å². The fourth-order valence-corrected chi connectivity index (χ4v) is 3.54. The van der Waals surface area contributed by atoms with Crippen LogP contribution in [0.4, 0.5) is 0 Å². The molecule has 6 nitrogen and oxygen atoms in total. The molecule has 2 aromatic heterocycles. The molecule has 1 aromatic carbocycles. The number of furan rings is 1. The van der Waals surface area contributed by atoms with Crippen LogP contribution in [0.5, 0.6) is 0 Å². The molecule has 0 amide bonds. The normalized spacial score (nSPS) is 20.7. The van der Waals surface area contributed by atoms with E-state index >= 15 is 0 Å². The average molecular weight is 361 g/mol. The quantitative estimate of drug-likeness (QED) is 0.636. The van der Waals surface area contributed by atoms with Gasteiger partial charge >= 0.3 is 5.97 Å². The highest BCUT2D eigenvalue weighted by atomic mass is 35.5. The van der Waals surface area contributed by atoms with Crippen LogP contribution >= 0.6 is 11.6 Å². The second-order valence-corrected chi connectivity index (χ2v) is 6.75. The Morgan fingerprint density at radius 1 is 1.16 bits per heavy atom. The maximum absolute atomic E-state index is 11.6. The maximum Gasteiger partial charge on any atom is 0.308 e. The highest BCUT2D eigenvalue weighted by Crippen LogP contribution is 2.37. The van der Waals surface area contributed by atoms with Crippen molar-refractivity contribution in [1.29, 1.82) is 0 Å². The zero-order valence-electron chi connectivity index (χ0n) is 13.7. The SMILES string of the molecule is COC(=O)[C@H]1CC[C@H](c2nnc(-c3cc4cc(Cl)ccc4o3)o2)CC1. The van der Waals surface area contributed by atoms with Crippen molar-refractivity contribution in [2.75, 3.05) is 7.11 Å². The first-order valence-corrected chi connectivity index (χ1v) is 8.62. The summed E-state index contributed by atoms with van der Waals surface area (Å²) in [5.41, 5.74) is 0.720. The number of aromatic nitrogens is 2. The molecule has 1 aliphatic rings. The number of methoxy groups -OCH3 is 1. The van der Waals surface area contributed by atoms with E-state index in [0.29, 0.717) is 22.6 Å². The van der Waals surface area contributed by atoms with Gasteiger partial charge in [-0.05, 0) is 49.9 Å². The Balaban J connectivity index is 1.51. The Morgan fingerprint density at radius 3 is 2.72 bits per heavy atom. The third kappa shape index (κ3) is 3.14. The summed E-state index contributed by atoms with van der Waals surface area (Å²) < 4.78 is 16.4. The lowest BCUT2D eigenvalue weighted by Gasteiger charge is -2.24. The molecule has 0 N–H and O–H groups in total. The van der Waals surface area contributed by atoms with Gasteiger partial charge < -0.3 is 13.6 Å². The second kappa shape index (κ2) is 6.52. The number of halogens is 1. The minimum atomic E-state index is -0.134. The number of ether oxygens (including phenoxy) is 1. The molecule has 3 aromatic rings. The summed E-state index contributed by atoms with van der Waals surface area (Å²) in [6.07, 6.45) is 3.21. The first-order chi connectivity index (χ1) is 12.1. The molecule has 2 heterocycles. The van der Waals surface area contributed by atoms with Crippen LogP contribution in [0, 0.1) is 5.92 Å². The zero-order valence-corrected chi connectivity index (χ0v) is 14.5. The number of hydrogen-bond acceptors (Lipinski definition) is 6. The van der Waals surface area contributed by atoms with E-state index in [1.54, 1.807) is 6.07 Å². The fourth-order valence-electron chi connectivity index (χ4n) is 3.36. The Hall–Kier alpha value is -2.34. The molecular formula is C18H17ClN2O4. The molecule has 7 heteroatoms. The monoisotopic (exact) mass is 360 g/mol. The number of benzene rings is 1. The van der Waals surface area contributed by atoms with Crippen LogP contribution in [0.25, 0.3) is 22.6 Å². The van der Waals surface area contributed by atoms with E-state index in [1.807, 2.05) is 18.2 Å². The number of carbonyl (C=O) groups excluding carboxylic acids is 1. The highest BCUT2D eigenvalue weighted by molar-refractivity contribution is 6.31. The van der Waals surface area contributed by atoms with Crippen molar-refractivity contribution in [3.05, 3.63) is 35.2 Å². The van der Waals surface area contributed by atoms with E-state index in [4.69, 9.17) is 25.2 Å².